The lowest BCUT2D eigenvalue weighted by molar-refractivity contribution is 0.0380. The van der Waals surface area contributed by atoms with Gasteiger partial charge in [-0.2, -0.15) is 14.9 Å². The molecule has 21 nitrogen and oxygen atoms in total. The molecule has 0 fully saturated rings. The Morgan fingerprint density at radius 2 is 0.971 bits per heavy atom. The molecular weight excluding hydrogens is 1310 g/mol. The van der Waals surface area contributed by atoms with Crippen LogP contribution >= 0.6 is 0 Å². The van der Waals surface area contributed by atoms with Crippen molar-refractivity contribution in [2.75, 3.05) is 40.8 Å². The Labute approximate surface area is 604 Å². The summed E-state index contributed by atoms with van der Waals surface area (Å²) >= 11 is 0. The number of nitrogens with zero attached hydrogens (tertiary/aromatic N) is 15. The maximum absolute atomic E-state index is 13.2. The Bertz CT molecular complexity index is 5240. The quantitative estimate of drug-likeness (QED) is 0.0671. The number of halogens is 1. The summed E-state index contributed by atoms with van der Waals surface area (Å²) in [6, 6.07) is 33.9. The predicted octanol–water partition coefficient (Wildman–Crippen LogP) is 11.1. The molecule has 4 aliphatic rings. The first-order valence-electron chi connectivity index (χ1n) is 35.6. The topological polar surface area (TPSA) is 278 Å². The molecule has 22 heteroatoms. The highest BCUT2D eigenvalue weighted by Crippen LogP contribution is 2.38. The smallest absolute Gasteiger partial charge is 0.267 e. The van der Waals surface area contributed by atoms with E-state index in [0.717, 1.165) is 116 Å². The molecule has 13 heterocycles. The summed E-state index contributed by atoms with van der Waals surface area (Å²) < 4.78 is 21.9. The van der Waals surface area contributed by atoms with Crippen LogP contribution in [0.2, 0.25) is 0 Å². The second-order valence-electron chi connectivity index (χ2n) is 28.8. The minimum atomic E-state index is -1.13. The van der Waals surface area contributed by atoms with Crippen molar-refractivity contribution in [1.82, 2.24) is 62.9 Å². The first-order chi connectivity index (χ1) is 50.0. The van der Waals surface area contributed by atoms with E-state index in [-0.39, 0.29) is 5.69 Å². The summed E-state index contributed by atoms with van der Waals surface area (Å²) in [5, 5.41) is 66.0. The van der Waals surface area contributed by atoms with Gasteiger partial charge in [-0.1, -0.05) is 42.0 Å². The normalized spacial score (nSPS) is 15.9. The van der Waals surface area contributed by atoms with Crippen LogP contribution in [0.3, 0.4) is 0 Å². The van der Waals surface area contributed by atoms with Gasteiger partial charge >= 0.3 is 0 Å². The van der Waals surface area contributed by atoms with Gasteiger partial charge in [-0.15, -0.1) is 0 Å². The van der Waals surface area contributed by atoms with Gasteiger partial charge in [0.25, 0.3) is 5.91 Å². The fourth-order valence-electron chi connectivity index (χ4n) is 15.3. The number of amides is 1. The second kappa shape index (κ2) is 30.5. The third-order valence-corrected chi connectivity index (χ3v) is 20.8. The number of rotatable bonds is 13. The van der Waals surface area contributed by atoms with Crippen LogP contribution in [0.5, 0.6) is 0 Å². The largest absolute Gasteiger partial charge is 0.387 e. The molecule has 1 amide bonds. The predicted molar refractivity (Wildman–Crippen MR) is 398 cm³/mol. The molecule has 104 heavy (non-hydrogen) atoms. The fourth-order valence-corrected chi connectivity index (χ4v) is 15.3. The number of nitrogens with two attached hydrogens (primary N) is 1. The van der Waals surface area contributed by atoms with E-state index < -0.39 is 35.8 Å². The number of pyridine rings is 6. The number of carbonyl (C=O) groups excluding carboxylic acids is 1. The molecule has 0 saturated heterocycles. The average molecular weight is 1400 g/mol. The molecule has 0 radical (unpaired) electrons. The van der Waals surface area contributed by atoms with E-state index in [0.29, 0.717) is 54.1 Å². The molecule has 12 aromatic rings. The number of benzene rings is 2. The van der Waals surface area contributed by atoms with Crippen LogP contribution in [0.15, 0.2) is 134 Å². The Balaban J connectivity index is 0.000000123. The van der Waals surface area contributed by atoms with E-state index >= 15 is 0 Å². The van der Waals surface area contributed by atoms with Crippen molar-refractivity contribution in [3.8, 4) is 12.1 Å². The van der Waals surface area contributed by atoms with E-state index in [1.807, 2.05) is 43.7 Å². The van der Waals surface area contributed by atoms with Crippen molar-refractivity contribution in [1.29, 1.82) is 10.5 Å². The summed E-state index contributed by atoms with van der Waals surface area (Å²) in [5.74, 6) is -1.11. The Morgan fingerprint density at radius 3 is 1.44 bits per heavy atom. The number of hydrogen-bond acceptors (Lipinski definition) is 16. The maximum atomic E-state index is 13.2. The van der Waals surface area contributed by atoms with Gasteiger partial charge in [0.15, 0.2) is 0 Å². The number of nitriles is 2. The molecule has 2 aromatic carbocycles. The van der Waals surface area contributed by atoms with E-state index in [9.17, 15) is 29.6 Å². The van der Waals surface area contributed by atoms with Crippen LogP contribution in [-0.4, -0.2) is 130 Å². The summed E-state index contributed by atoms with van der Waals surface area (Å²) in [7, 11) is 6.39. The van der Waals surface area contributed by atoms with Crippen molar-refractivity contribution in [3.63, 3.8) is 0 Å². The zero-order valence-electron chi connectivity index (χ0n) is 60.3. The van der Waals surface area contributed by atoms with Crippen LogP contribution in [0.1, 0.15) is 149 Å². The lowest BCUT2D eigenvalue weighted by Crippen LogP contribution is -2.31. The fraction of sp³-hybridized carbons (Fsp3) is 0.354. The zero-order valence-corrected chi connectivity index (χ0v) is 60.3. The SMILES string of the molecule is Cc1ccc2c(c1)c1c(n2CC(C)(O)c2ccc(F)nc2)CCN(C)C1.Cc1cnc2c(c1)c1c(n2CC(O)c2ccc(C#N)cc2)CCCC1.Cc1cnc2c(c1)c1c(n2CC(O)c2ccc(C#N)nc2)CCN(C)C1.Cc1cnc2c(c1)c1c(n2CC(O)c2ccc(C(N)=O)nc2)CCN(C)C1. The summed E-state index contributed by atoms with van der Waals surface area (Å²) in [6.07, 6.45) is 15.5. The van der Waals surface area contributed by atoms with Gasteiger partial charge in [0.05, 0.1) is 56.1 Å². The molecule has 0 saturated carbocycles. The van der Waals surface area contributed by atoms with E-state index in [1.165, 1.54) is 104 Å². The van der Waals surface area contributed by atoms with Crippen LogP contribution < -0.4 is 5.73 Å². The van der Waals surface area contributed by atoms with Gasteiger partial charge in [0.2, 0.25) is 5.95 Å². The molecule has 1 aliphatic carbocycles. The first-order valence-corrected chi connectivity index (χ1v) is 35.6. The monoisotopic (exact) mass is 1400 g/mol. The number of fused-ring (bicyclic) bond motifs is 12. The number of aryl methyl sites for hydroxylation is 5. The lowest BCUT2D eigenvalue weighted by atomic mass is 9.95. The third kappa shape index (κ3) is 15.2. The van der Waals surface area contributed by atoms with Crippen molar-refractivity contribution < 1.29 is 29.6 Å². The highest BCUT2D eigenvalue weighted by molar-refractivity contribution is 5.91. The molecule has 534 valence electrons. The lowest BCUT2D eigenvalue weighted by Gasteiger charge is -2.28. The number of aliphatic hydroxyl groups is 4. The van der Waals surface area contributed by atoms with Crippen LogP contribution in [0, 0.1) is 56.3 Å². The van der Waals surface area contributed by atoms with Gasteiger partial charge in [0.1, 0.15) is 40.0 Å². The molecular formula is C82H89FN16O5. The van der Waals surface area contributed by atoms with Crippen LogP contribution in [0.4, 0.5) is 4.39 Å². The standard InChI is InChI=1S/C21H24FN3O.C21H21N3O.C20H23N5O2.C20H21N5O/c1-14-4-6-18-16(10-14)17-12-24(3)9-8-19(17)25(18)13-21(2,26)15-5-7-20(22)23-11-15;1-14-10-18-17-4-2-3-5-19(17)24(21(18)23-12-14)13-20(25)16-8-6-15(11-22)7-9-16;1-12-7-14-15-10-24(2)6-5-17(15)25(20(14)23-8-12)11-18(26)13-3-4-16(19(21)27)22-9-13;1-13-7-16-17-11-24(2)6-5-18(17)25(20(16)23-9-13)12-19(26)14-3-4-15(8-21)22-10-14/h4-7,10-11,26H,8-9,12-13H2,1-3H3;6-10,12,20,25H,2-5,13H2,1H3;3-4,7-9,18,26H,5-6,10-11H2,1-2H3,(H2,21,27);3-4,7,9-10,19,26H,5-6,11-12H2,1-2H3. The molecule has 0 bridgehead atoms. The third-order valence-electron chi connectivity index (χ3n) is 20.8. The van der Waals surface area contributed by atoms with E-state index in [2.05, 4.69) is 147 Å². The highest BCUT2D eigenvalue weighted by atomic mass is 19.1. The number of carbonyl (C=O) groups is 1. The number of primary amides is 1. The summed E-state index contributed by atoms with van der Waals surface area (Å²) in [5.41, 5.74) is 27.2. The number of aliphatic hydroxyl groups excluding tert-OH is 3. The Kier molecular flexibility index (Phi) is 21.1. The van der Waals surface area contributed by atoms with Crippen molar-refractivity contribution in [3.05, 3.63) is 247 Å². The zero-order chi connectivity index (χ0) is 73.3. The van der Waals surface area contributed by atoms with Crippen molar-refractivity contribution >= 4 is 49.9 Å². The van der Waals surface area contributed by atoms with Crippen LogP contribution in [-0.2, 0) is 83.5 Å². The van der Waals surface area contributed by atoms with E-state index in [1.54, 1.807) is 55.6 Å². The van der Waals surface area contributed by atoms with Gasteiger partial charge < -0.3 is 59.1 Å². The first kappa shape index (κ1) is 72.0. The van der Waals surface area contributed by atoms with Gasteiger partial charge in [-0.25, -0.2) is 24.9 Å². The summed E-state index contributed by atoms with van der Waals surface area (Å²) in [6.45, 7) is 17.5. The molecule has 3 aliphatic heterocycles. The Hall–Kier alpha value is -10.4. The van der Waals surface area contributed by atoms with Crippen molar-refractivity contribution in [2.24, 2.45) is 5.73 Å². The minimum absolute atomic E-state index is 0.190. The van der Waals surface area contributed by atoms with Gasteiger partial charge in [0, 0.05) is 162 Å². The average Bonchev–Trinajstić information content (AvgIpc) is 1.62. The number of hydrogen-bond donors (Lipinski definition) is 5. The van der Waals surface area contributed by atoms with Gasteiger partial charge in [-0.05, 0) is 187 Å². The second-order valence-corrected chi connectivity index (χ2v) is 28.8. The summed E-state index contributed by atoms with van der Waals surface area (Å²) in [4.78, 5) is 43.9. The van der Waals surface area contributed by atoms with E-state index in [4.69, 9.17) is 16.3 Å². The molecule has 6 N–H and O–H groups in total. The molecule has 16 rings (SSSR count). The maximum Gasteiger partial charge on any atom is 0.267 e. The number of aromatic nitrogens is 10. The molecule has 10 aromatic heterocycles. The highest BCUT2D eigenvalue weighted by Gasteiger charge is 2.32. The molecule has 0 spiro atoms. The van der Waals surface area contributed by atoms with Crippen molar-refractivity contribution in [2.45, 2.75) is 149 Å². The number of likely N-dealkylation sites (N-methyl/N-ethyl adjacent to an activating group) is 3. The Morgan fingerprint density at radius 1 is 0.510 bits per heavy atom. The van der Waals surface area contributed by atoms with Gasteiger partial charge in [-0.3, -0.25) is 9.78 Å². The minimum Gasteiger partial charge on any atom is -0.387 e. The molecule has 4 unspecified atom stereocenters. The van der Waals surface area contributed by atoms with Crippen LogP contribution in [0.25, 0.3) is 44.0 Å². The molecule has 4 atom stereocenters.